The molecule has 1 aliphatic rings. The minimum atomic E-state index is -0.132. The topological polar surface area (TPSA) is 83.1 Å². The number of nitrogens with zero attached hydrogens (tertiary/aromatic N) is 3. The van der Waals surface area contributed by atoms with Crippen molar-refractivity contribution in [3.05, 3.63) is 18.2 Å². The Bertz CT molecular complexity index is 636. The lowest BCUT2D eigenvalue weighted by Crippen LogP contribution is -2.41. The Balaban J connectivity index is 1.67. The van der Waals surface area contributed by atoms with Crippen molar-refractivity contribution in [3.8, 4) is 0 Å². The van der Waals surface area contributed by atoms with Crippen molar-refractivity contribution in [2.24, 2.45) is 0 Å². The van der Waals surface area contributed by atoms with E-state index >= 15 is 0 Å². The van der Waals surface area contributed by atoms with E-state index in [0.29, 0.717) is 24.3 Å². The van der Waals surface area contributed by atoms with Crippen LogP contribution in [0, 0.1) is 0 Å². The number of amides is 2. The Morgan fingerprint density at radius 2 is 2.36 bits per heavy atom. The average molecular weight is 303 g/mol. The quantitative estimate of drug-likeness (QED) is 0.908. The highest BCUT2D eigenvalue weighted by molar-refractivity contribution is 5.98. The van der Waals surface area contributed by atoms with Crippen molar-refractivity contribution in [1.82, 2.24) is 20.3 Å². The largest absolute Gasteiger partial charge is 0.376 e. The summed E-state index contributed by atoms with van der Waals surface area (Å²) < 4.78 is 5.72. The van der Waals surface area contributed by atoms with Gasteiger partial charge in [-0.1, -0.05) is 6.07 Å². The average Bonchev–Trinajstić information content (AvgIpc) is 3.03. The number of benzene rings is 1. The molecule has 0 saturated carbocycles. The van der Waals surface area contributed by atoms with E-state index in [-0.39, 0.29) is 12.1 Å². The number of ether oxygens (including phenoxy) is 1. The molecule has 22 heavy (non-hydrogen) atoms. The molecule has 2 heterocycles. The maximum Gasteiger partial charge on any atom is 0.321 e. The van der Waals surface area contributed by atoms with E-state index in [1.807, 2.05) is 25.1 Å². The molecule has 7 nitrogen and oxygen atoms in total. The Labute approximate surface area is 129 Å². The van der Waals surface area contributed by atoms with E-state index in [0.717, 1.165) is 25.0 Å². The van der Waals surface area contributed by atoms with Gasteiger partial charge in [0.25, 0.3) is 0 Å². The van der Waals surface area contributed by atoms with Crippen LogP contribution in [0.3, 0.4) is 0 Å². The lowest BCUT2D eigenvalue weighted by Gasteiger charge is -2.29. The Kier molecular flexibility index (Phi) is 4.53. The van der Waals surface area contributed by atoms with Gasteiger partial charge in [0.05, 0.1) is 11.8 Å². The van der Waals surface area contributed by atoms with Crippen molar-refractivity contribution in [3.63, 3.8) is 0 Å². The molecule has 0 spiro atoms. The number of nitrogens with one attached hydrogen (secondary N) is 2. The Hall–Kier alpha value is -2.15. The number of rotatable bonds is 4. The number of anilines is 1. The molecule has 2 aromatic rings. The van der Waals surface area contributed by atoms with Crippen LogP contribution in [0.2, 0.25) is 0 Å². The second-order valence-electron chi connectivity index (χ2n) is 5.45. The molecule has 0 bridgehead atoms. The van der Waals surface area contributed by atoms with E-state index in [2.05, 4.69) is 20.7 Å². The monoisotopic (exact) mass is 303 g/mol. The van der Waals surface area contributed by atoms with Gasteiger partial charge < -0.3 is 15.0 Å². The number of carbonyl (C=O) groups excluding carboxylic acids is 1. The van der Waals surface area contributed by atoms with Gasteiger partial charge in [-0.15, -0.1) is 0 Å². The summed E-state index contributed by atoms with van der Waals surface area (Å²) in [5.74, 6) is 0. The Morgan fingerprint density at radius 1 is 1.45 bits per heavy atom. The van der Waals surface area contributed by atoms with Crippen molar-refractivity contribution in [2.75, 3.05) is 25.0 Å². The fourth-order valence-corrected chi connectivity index (χ4v) is 2.72. The number of H-pyrrole nitrogens is 1. The Morgan fingerprint density at radius 3 is 3.14 bits per heavy atom. The molecule has 0 aliphatic carbocycles. The van der Waals surface area contributed by atoms with Gasteiger partial charge in [0, 0.05) is 19.7 Å². The molecule has 1 fully saturated rings. The van der Waals surface area contributed by atoms with Crippen molar-refractivity contribution in [2.45, 2.75) is 32.3 Å². The van der Waals surface area contributed by atoms with Crippen LogP contribution < -0.4 is 5.32 Å². The van der Waals surface area contributed by atoms with Crippen LogP contribution in [-0.4, -0.2) is 52.1 Å². The molecular weight excluding hydrogens is 282 g/mol. The van der Waals surface area contributed by atoms with Crippen LogP contribution in [0.4, 0.5) is 10.5 Å². The van der Waals surface area contributed by atoms with Gasteiger partial charge in [-0.2, -0.15) is 15.4 Å². The second-order valence-corrected chi connectivity index (χ2v) is 5.45. The summed E-state index contributed by atoms with van der Waals surface area (Å²) in [5.41, 5.74) is 2.07. The lowest BCUT2D eigenvalue weighted by molar-refractivity contribution is 0.00221. The molecule has 1 aliphatic heterocycles. The van der Waals surface area contributed by atoms with E-state index in [9.17, 15) is 4.79 Å². The first-order chi connectivity index (χ1) is 10.8. The molecular formula is C15H21N5O2. The van der Waals surface area contributed by atoms with Crippen molar-refractivity contribution >= 4 is 22.8 Å². The number of fused-ring (bicyclic) bond motifs is 1. The molecule has 3 rings (SSSR count). The third kappa shape index (κ3) is 3.19. The minimum Gasteiger partial charge on any atom is -0.376 e. The fraction of sp³-hybridized carbons (Fsp3) is 0.533. The number of aromatic nitrogens is 3. The van der Waals surface area contributed by atoms with Crippen LogP contribution >= 0.6 is 0 Å². The lowest BCUT2D eigenvalue weighted by atomic mass is 10.1. The summed E-state index contributed by atoms with van der Waals surface area (Å²) in [7, 11) is 0. The standard InChI is InChI=1S/C15H21N5O2/c1-2-20(10-11-6-3-4-9-22-11)15(21)16-12-7-5-8-13-14(12)18-19-17-13/h5,7-8,11H,2-4,6,9-10H2,1H3,(H,16,21)(H,17,18,19)/t11-/m0/s1. The molecule has 0 unspecified atom stereocenters. The number of carbonyl (C=O) groups is 1. The van der Waals surface area contributed by atoms with E-state index in [1.54, 1.807) is 4.90 Å². The first-order valence-electron chi connectivity index (χ1n) is 7.75. The normalized spacial score (nSPS) is 18.3. The first-order valence-corrected chi connectivity index (χ1v) is 7.75. The molecule has 0 radical (unpaired) electrons. The number of aromatic amines is 1. The zero-order valence-corrected chi connectivity index (χ0v) is 12.7. The summed E-state index contributed by atoms with van der Waals surface area (Å²) >= 11 is 0. The van der Waals surface area contributed by atoms with Gasteiger partial charge in [-0.05, 0) is 38.3 Å². The maximum atomic E-state index is 12.5. The van der Waals surface area contributed by atoms with Crippen molar-refractivity contribution < 1.29 is 9.53 Å². The second kappa shape index (κ2) is 6.74. The predicted octanol–water partition coefficient (Wildman–Crippen LogP) is 2.38. The van der Waals surface area contributed by atoms with Crippen LogP contribution in [-0.2, 0) is 4.74 Å². The van der Waals surface area contributed by atoms with Gasteiger partial charge in [0.1, 0.15) is 11.0 Å². The van der Waals surface area contributed by atoms with Gasteiger partial charge >= 0.3 is 6.03 Å². The molecule has 7 heteroatoms. The van der Waals surface area contributed by atoms with Gasteiger partial charge in [0.15, 0.2) is 0 Å². The van der Waals surface area contributed by atoms with E-state index in [1.165, 1.54) is 6.42 Å². The number of hydrogen-bond donors (Lipinski definition) is 2. The maximum absolute atomic E-state index is 12.5. The molecule has 1 aromatic heterocycles. The van der Waals surface area contributed by atoms with Crippen molar-refractivity contribution in [1.29, 1.82) is 0 Å². The zero-order valence-electron chi connectivity index (χ0n) is 12.7. The van der Waals surface area contributed by atoms with Crippen LogP contribution in [0.1, 0.15) is 26.2 Å². The molecule has 2 amide bonds. The van der Waals surface area contributed by atoms with Gasteiger partial charge in [0.2, 0.25) is 0 Å². The molecule has 1 atom stereocenters. The van der Waals surface area contributed by atoms with E-state index < -0.39 is 0 Å². The SMILES string of the molecule is CCN(C[C@@H]1CCCCO1)C(=O)Nc1cccc2n[nH]nc12. The van der Waals surface area contributed by atoms with Gasteiger partial charge in [-0.3, -0.25) is 0 Å². The smallest absolute Gasteiger partial charge is 0.321 e. The molecule has 1 saturated heterocycles. The number of hydrogen-bond acceptors (Lipinski definition) is 4. The minimum absolute atomic E-state index is 0.132. The number of urea groups is 1. The van der Waals surface area contributed by atoms with Crippen LogP contribution in [0.5, 0.6) is 0 Å². The van der Waals surface area contributed by atoms with Crippen LogP contribution in [0.25, 0.3) is 11.0 Å². The first kappa shape index (κ1) is 14.8. The summed E-state index contributed by atoms with van der Waals surface area (Å²) in [4.78, 5) is 14.3. The molecule has 118 valence electrons. The highest BCUT2D eigenvalue weighted by atomic mass is 16.5. The number of para-hydroxylation sites is 1. The third-order valence-electron chi connectivity index (χ3n) is 3.96. The van der Waals surface area contributed by atoms with Crippen LogP contribution in [0.15, 0.2) is 18.2 Å². The summed E-state index contributed by atoms with van der Waals surface area (Å²) in [6, 6.07) is 5.39. The summed E-state index contributed by atoms with van der Waals surface area (Å²) in [6.07, 6.45) is 3.44. The molecule has 2 N–H and O–H groups in total. The predicted molar refractivity (Wildman–Crippen MR) is 83.7 cm³/mol. The molecule has 1 aromatic carbocycles. The zero-order chi connectivity index (χ0) is 15.4. The number of likely N-dealkylation sites (N-methyl/N-ethyl adjacent to an activating group) is 1. The highest BCUT2D eigenvalue weighted by Crippen LogP contribution is 2.20. The van der Waals surface area contributed by atoms with E-state index in [4.69, 9.17) is 4.74 Å². The summed E-state index contributed by atoms with van der Waals surface area (Å²) in [5, 5.41) is 13.6. The third-order valence-corrected chi connectivity index (χ3v) is 3.96. The van der Waals surface area contributed by atoms with Gasteiger partial charge in [-0.25, -0.2) is 4.79 Å². The highest BCUT2D eigenvalue weighted by Gasteiger charge is 2.21. The summed E-state index contributed by atoms with van der Waals surface area (Å²) in [6.45, 7) is 4.03. The fourth-order valence-electron chi connectivity index (χ4n) is 2.72.